The maximum Gasteiger partial charge on any atom is 0.228 e. The zero-order chi connectivity index (χ0) is 41.4. The van der Waals surface area contributed by atoms with E-state index in [4.69, 9.17) is 0 Å². The third-order valence-corrected chi connectivity index (χ3v) is 11.9. The largest absolute Gasteiger partial charge is 0.748 e. The van der Waals surface area contributed by atoms with Crippen molar-refractivity contribution in [2.45, 2.75) is 40.4 Å². The third-order valence-electron chi connectivity index (χ3n) is 8.25. The standard InChI is InChI=1S/C18H21N3OS.C16H19N3S.2C2H6O3S/c1-12(22)21-15-8-6-13(19(2)3)10-17(15)23-18-11-14(20(4)5)7-9-16(18)21;1-18(2)11-5-7-13-15(9-11)20-16-10-12(19(3)4)6-8-14(16)17-13;2*1-2-6(3,4)5/h6-11H,1-5H3;5-10,17H,1-4H3;2*2H2,1H3,(H,3,4,5). The highest BCUT2D eigenvalue weighted by atomic mass is 32.2. The Morgan fingerprint density at radius 3 is 1.27 bits per heavy atom. The summed E-state index contributed by atoms with van der Waals surface area (Å²) in [5.74, 6) is -0.594. The van der Waals surface area contributed by atoms with Crippen LogP contribution < -0.4 is 29.8 Å². The first-order valence-electron chi connectivity index (χ1n) is 17.4. The van der Waals surface area contributed by atoms with Gasteiger partial charge in [-0.25, -0.2) is 16.8 Å². The summed E-state index contributed by atoms with van der Waals surface area (Å²) in [5, 5.41) is 3.53. The van der Waals surface area contributed by atoms with Gasteiger partial charge in [0.2, 0.25) is 5.91 Å². The van der Waals surface area contributed by atoms with Crippen molar-refractivity contribution in [1.29, 1.82) is 0 Å². The van der Waals surface area contributed by atoms with Crippen LogP contribution in [0.4, 0.5) is 45.5 Å². The Kier molecular flexibility index (Phi) is 16.0. The molecule has 0 aromatic heterocycles. The summed E-state index contributed by atoms with van der Waals surface area (Å²) in [6.45, 7) is 4.23. The number of amides is 1. The molecule has 0 aliphatic carbocycles. The number of benzene rings is 4. The van der Waals surface area contributed by atoms with Gasteiger partial charge in [0.25, 0.3) is 0 Å². The molecule has 17 heteroatoms. The van der Waals surface area contributed by atoms with E-state index in [1.54, 1.807) is 23.6 Å². The molecule has 4 aromatic rings. The molecule has 0 saturated heterocycles. The van der Waals surface area contributed by atoms with Crippen molar-refractivity contribution in [1.82, 2.24) is 0 Å². The summed E-state index contributed by atoms with van der Waals surface area (Å²) in [6, 6.07) is 25.7. The van der Waals surface area contributed by atoms with Gasteiger partial charge in [-0.3, -0.25) is 9.69 Å². The summed E-state index contributed by atoms with van der Waals surface area (Å²) < 4.78 is 56.7. The molecule has 0 fully saturated rings. The van der Waals surface area contributed by atoms with Gasteiger partial charge in [0.15, 0.2) is 0 Å². The van der Waals surface area contributed by atoms with E-state index in [1.165, 1.54) is 56.2 Å². The van der Waals surface area contributed by atoms with Crippen LogP contribution in [-0.2, 0) is 25.0 Å². The molecule has 0 saturated carbocycles. The Morgan fingerprint density at radius 2 is 0.982 bits per heavy atom. The molecular formula is C38H52N6O7S4. The fraction of sp³-hybridized carbons (Fsp3) is 0.342. The summed E-state index contributed by atoms with van der Waals surface area (Å²) >= 11 is 3.58. The van der Waals surface area contributed by atoms with E-state index in [0.29, 0.717) is 0 Å². The van der Waals surface area contributed by atoms with Crippen molar-refractivity contribution in [3.05, 3.63) is 72.8 Å². The number of nitrogens with zero attached hydrogens (tertiary/aromatic N) is 3. The van der Waals surface area contributed by atoms with Gasteiger partial charge in [0, 0.05) is 102 Å². The topological polar surface area (TPSA) is 162 Å². The molecule has 3 N–H and O–H groups in total. The molecule has 2 heterocycles. The second-order valence-corrected chi connectivity index (χ2v) is 18.9. The average molecular weight is 833 g/mol. The first-order valence-corrected chi connectivity index (χ1v) is 22.2. The Morgan fingerprint density at radius 1 is 0.636 bits per heavy atom. The lowest BCUT2D eigenvalue weighted by atomic mass is 10.2. The van der Waals surface area contributed by atoms with Crippen molar-refractivity contribution in [2.24, 2.45) is 0 Å². The van der Waals surface area contributed by atoms with Crippen LogP contribution in [-0.4, -0.2) is 99.7 Å². The monoisotopic (exact) mass is 832 g/mol. The van der Waals surface area contributed by atoms with Crippen LogP contribution in [0.25, 0.3) is 0 Å². The summed E-state index contributed by atoms with van der Waals surface area (Å²) in [5.41, 5.74) is 9.22. The number of quaternary nitrogens is 2. The van der Waals surface area contributed by atoms with E-state index in [1.807, 2.05) is 52.1 Å². The average Bonchev–Trinajstić information content (AvgIpc) is 3.11. The molecule has 0 atom stereocenters. The van der Waals surface area contributed by atoms with Crippen LogP contribution in [0.2, 0.25) is 0 Å². The van der Waals surface area contributed by atoms with Gasteiger partial charge in [0.1, 0.15) is 11.4 Å². The van der Waals surface area contributed by atoms with Gasteiger partial charge in [-0.15, -0.1) is 0 Å². The molecule has 4 aromatic carbocycles. The first kappa shape index (κ1) is 45.6. The molecule has 0 spiro atoms. The number of nitrogens with one attached hydrogen (secondary N) is 3. The fourth-order valence-electron chi connectivity index (χ4n) is 4.99. The van der Waals surface area contributed by atoms with Crippen LogP contribution in [0.15, 0.2) is 92.4 Å². The molecule has 6 rings (SSSR count). The number of carbonyl (C=O) groups is 1. The summed E-state index contributed by atoms with van der Waals surface area (Å²) in [7, 11) is 8.90. The first-order chi connectivity index (χ1) is 25.5. The fourth-order valence-corrected chi connectivity index (χ4v) is 7.18. The third kappa shape index (κ3) is 13.1. The van der Waals surface area contributed by atoms with Gasteiger partial charge in [-0.2, -0.15) is 0 Å². The van der Waals surface area contributed by atoms with Crippen LogP contribution >= 0.6 is 23.5 Å². The minimum atomic E-state index is -3.91. The number of rotatable bonds is 6. The number of hydrogen-bond donors (Lipinski definition) is 3. The molecule has 55 heavy (non-hydrogen) atoms. The van der Waals surface area contributed by atoms with Crippen molar-refractivity contribution < 1.29 is 40.5 Å². The second-order valence-electron chi connectivity index (χ2n) is 13.4. The second kappa shape index (κ2) is 19.4. The van der Waals surface area contributed by atoms with Crippen molar-refractivity contribution >= 4 is 95.2 Å². The highest BCUT2D eigenvalue weighted by Gasteiger charge is 2.27. The molecule has 1 amide bonds. The quantitative estimate of drug-likeness (QED) is 0.206. The Hall–Kier alpha value is -3.81. The molecule has 0 unspecified atom stereocenters. The van der Waals surface area contributed by atoms with E-state index in [0.717, 1.165) is 32.5 Å². The predicted molar refractivity (Wildman–Crippen MR) is 224 cm³/mol. The highest BCUT2D eigenvalue weighted by molar-refractivity contribution is 8.00. The molecule has 0 bridgehead atoms. The van der Waals surface area contributed by atoms with E-state index in [2.05, 4.69) is 104 Å². The van der Waals surface area contributed by atoms with Crippen molar-refractivity contribution in [3.63, 3.8) is 0 Å². The summed E-state index contributed by atoms with van der Waals surface area (Å²) in [6.07, 6.45) is 0. The van der Waals surface area contributed by atoms with Gasteiger partial charge in [-0.05, 0) is 48.5 Å². The van der Waals surface area contributed by atoms with Gasteiger partial charge < -0.3 is 34.0 Å². The molecule has 300 valence electrons. The minimum Gasteiger partial charge on any atom is -0.748 e. The maximum atomic E-state index is 12.3. The molecule has 0 radical (unpaired) electrons. The molecule has 13 nitrogen and oxygen atoms in total. The van der Waals surface area contributed by atoms with Crippen LogP contribution in [0.3, 0.4) is 0 Å². The lowest BCUT2D eigenvalue weighted by Crippen LogP contribution is -3.00. The van der Waals surface area contributed by atoms with Gasteiger partial charge in [0.05, 0.1) is 71.2 Å². The zero-order valence-corrected chi connectivity index (χ0v) is 36.4. The van der Waals surface area contributed by atoms with Crippen LogP contribution in [0.5, 0.6) is 0 Å². The zero-order valence-electron chi connectivity index (χ0n) is 33.2. The highest BCUT2D eigenvalue weighted by Crippen LogP contribution is 2.50. The number of hydrogen-bond acceptors (Lipinski definition) is 12. The Labute approximate surface area is 335 Å². The number of carbonyl (C=O) groups excluding carboxylic acids is 1. The number of anilines is 6. The van der Waals surface area contributed by atoms with Gasteiger partial charge >= 0.3 is 0 Å². The predicted octanol–water partition coefficient (Wildman–Crippen LogP) is 4.52. The lowest BCUT2D eigenvalue weighted by Gasteiger charge is -2.32. The van der Waals surface area contributed by atoms with E-state index >= 15 is 0 Å². The van der Waals surface area contributed by atoms with E-state index in [9.17, 15) is 30.7 Å². The maximum absolute atomic E-state index is 12.3. The number of fused-ring (bicyclic) bond motifs is 4. The smallest absolute Gasteiger partial charge is 0.228 e. The van der Waals surface area contributed by atoms with Crippen LogP contribution in [0.1, 0.15) is 20.8 Å². The van der Waals surface area contributed by atoms with Gasteiger partial charge in [-0.1, -0.05) is 37.4 Å². The normalized spacial score (nSPS) is 12.5. The van der Waals surface area contributed by atoms with E-state index < -0.39 is 20.2 Å². The van der Waals surface area contributed by atoms with Crippen molar-refractivity contribution in [3.8, 4) is 0 Å². The minimum absolute atomic E-state index is 0.0306. The molecule has 2 aliphatic heterocycles. The lowest BCUT2D eigenvalue weighted by molar-refractivity contribution is -0.786. The Bertz CT molecular complexity index is 2050. The van der Waals surface area contributed by atoms with E-state index in [-0.39, 0.29) is 17.4 Å². The van der Waals surface area contributed by atoms with Crippen LogP contribution in [0, 0.1) is 0 Å². The molecular weight excluding hydrogens is 781 g/mol. The molecule has 2 aliphatic rings. The van der Waals surface area contributed by atoms with Crippen molar-refractivity contribution in [2.75, 3.05) is 87.9 Å². The summed E-state index contributed by atoms with van der Waals surface area (Å²) in [4.78, 5) is 25.7. The Balaban J connectivity index is 0.000000230. The SMILES string of the molecule is CC(=O)N1c2ccc(N(C)C)cc2Sc2cc(N(C)C)ccc21.CCS(=O)(=O)[O-].CCS(=O)(=O)[O-].C[NH+](C)c1ccc2c(c1)Sc1cc([NH+](C)C)ccc1N2.